The van der Waals surface area contributed by atoms with Gasteiger partial charge in [-0.15, -0.1) is 0 Å². The molecular weight excluding hydrogens is 206 g/mol. The Hall–Kier alpha value is -1.55. The van der Waals surface area contributed by atoms with Crippen molar-refractivity contribution in [2.24, 2.45) is 5.73 Å². The van der Waals surface area contributed by atoms with Gasteiger partial charge in [0.1, 0.15) is 6.61 Å². The van der Waals surface area contributed by atoms with Crippen LogP contribution < -0.4 is 5.73 Å². The molecule has 1 amide bonds. The van der Waals surface area contributed by atoms with E-state index in [1.54, 1.807) is 0 Å². The van der Waals surface area contributed by atoms with Crippen molar-refractivity contribution in [3.63, 3.8) is 0 Å². The van der Waals surface area contributed by atoms with Crippen LogP contribution in [0.1, 0.15) is 19.4 Å². The van der Waals surface area contributed by atoms with E-state index >= 15 is 0 Å². The van der Waals surface area contributed by atoms with Crippen LogP contribution in [0.5, 0.6) is 0 Å². The highest BCUT2D eigenvalue weighted by molar-refractivity contribution is 5.64. The fourth-order valence-electron chi connectivity index (χ4n) is 0.933. The molecule has 0 atom stereocenters. The van der Waals surface area contributed by atoms with Gasteiger partial charge < -0.3 is 15.2 Å². The minimum atomic E-state index is -0.742. The summed E-state index contributed by atoms with van der Waals surface area (Å²) in [6.45, 7) is 5.91. The van der Waals surface area contributed by atoms with Crippen LogP contribution >= 0.6 is 0 Å². The summed E-state index contributed by atoms with van der Waals surface area (Å²) in [5, 5.41) is 0. The molecule has 0 heterocycles. The molecule has 0 radical (unpaired) electrons. The average molecular weight is 225 g/mol. The number of amides is 1. The lowest BCUT2D eigenvalue weighted by Crippen LogP contribution is -2.12. The Morgan fingerprint density at radius 1 is 1.19 bits per heavy atom. The highest BCUT2D eigenvalue weighted by Crippen LogP contribution is 1.99. The van der Waals surface area contributed by atoms with Crippen molar-refractivity contribution in [2.75, 3.05) is 13.2 Å². The number of benzene rings is 1. The maximum atomic E-state index is 10.2. The van der Waals surface area contributed by atoms with Gasteiger partial charge in [-0.1, -0.05) is 30.3 Å². The fraction of sp³-hybridized carbons (Fsp3) is 0.417. The van der Waals surface area contributed by atoms with Crippen LogP contribution in [0.15, 0.2) is 30.3 Å². The SMILES string of the molecule is CCOCC.NC(=O)OCc1ccccc1. The first kappa shape index (κ1) is 14.5. The van der Waals surface area contributed by atoms with Crippen molar-refractivity contribution >= 4 is 6.09 Å². The zero-order valence-corrected chi connectivity index (χ0v) is 9.81. The summed E-state index contributed by atoms with van der Waals surface area (Å²) >= 11 is 0. The third-order valence-corrected chi connectivity index (χ3v) is 1.63. The van der Waals surface area contributed by atoms with Crippen LogP contribution in [0, 0.1) is 0 Å². The first-order chi connectivity index (χ1) is 7.70. The Kier molecular flexibility index (Phi) is 9.02. The third-order valence-electron chi connectivity index (χ3n) is 1.63. The van der Waals surface area contributed by atoms with Crippen molar-refractivity contribution in [1.82, 2.24) is 0 Å². The molecule has 0 saturated carbocycles. The molecule has 90 valence electrons. The minimum absolute atomic E-state index is 0.246. The molecule has 0 saturated heterocycles. The highest BCUT2D eigenvalue weighted by Gasteiger charge is 1.93. The van der Waals surface area contributed by atoms with Gasteiger partial charge in [-0.3, -0.25) is 0 Å². The molecule has 0 fully saturated rings. The molecule has 1 aromatic carbocycles. The summed E-state index contributed by atoms with van der Waals surface area (Å²) in [5.74, 6) is 0. The standard InChI is InChI=1S/C8H9NO2.C4H10O/c9-8(10)11-6-7-4-2-1-3-5-7;1-3-5-4-2/h1-5H,6H2,(H2,9,10);3-4H2,1-2H3. The van der Waals surface area contributed by atoms with E-state index in [9.17, 15) is 4.79 Å². The first-order valence-electron chi connectivity index (χ1n) is 5.24. The van der Waals surface area contributed by atoms with E-state index < -0.39 is 6.09 Å². The molecule has 16 heavy (non-hydrogen) atoms. The molecule has 1 aromatic rings. The Morgan fingerprint density at radius 3 is 2.12 bits per heavy atom. The lowest BCUT2D eigenvalue weighted by Gasteiger charge is -1.99. The van der Waals surface area contributed by atoms with Gasteiger partial charge in [-0.2, -0.15) is 0 Å². The molecule has 0 bridgehead atoms. The van der Waals surface area contributed by atoms with Crippen molar-refractivity contribution in [3.8, 4) is 0 Å². The molecule has 0 aliphatic heterocycles. The smallest absolute Gasteiger partial charge is 0.404 e. The van der Waals surface area contributed by atoms with Gasteiger partial charge in [-0.25, -0.2) is 4.79 Å². The topological polar surface area (TPSA) is 61.5 Å². The third kappa shape index (κ3) is 9.02. The molecule has 0 aromatic heterocycles. The van der Waals surface area contributed by atoms with Gasteiger partial charge in [-0.05, 0) is 19.4 Å². The number of nitrogens with two attached hydrogens (primary N) is 1. The Morgan fingerprint density at radius 2 is 1.75 bits per heavy atom. The van der Waals surface area contributed by atoms with Gasteiger partial charge in [0.25, 0.3) is 0 Å². The van der Waals surface area contributed by atoms with Crippen molar-refractivity contribution < 1.29 is 14.3 Å². The molecule has 4 nitrogen and oxygen atoms in total. The monoisotopic (exact) mass is 225 g/mol. The zero-order valence-electron chi connectivity index (χ0n) is 9.81. The quantitative estimate of drug-likeness (QED) is 0.855. The molecule has 0 unspecified atom stereocenters. The average Bonchev–Trinajstić information content (AvgIpc) is 2.30. The van der Waals surface area contributed by atoms with E-state index in [0.717, 1.165) is 18.8 Å². The summed E-state index contributed by atoms with van der Waals surface area (Å²) in [7, 11) is 0. The first-order valence-corrected chi connectivity index (χ1v) is 5.24. The van der Waals surface area contributed by atoms with E-state index in [1.807, 2.05) is 44.2 Å². The number of hydrogen-bond acceptors (Lipinski definition) is 3. The van der Waals surface area contributed by atoms with Crippen LogP contribution in [0.4, 0.5) is 4.79 Å². The zero-order chi connectivity index (χ0) is 12.2. The van der Waals surface area contributed by atoms with Crippen LogP contribution in [-0.4, -0.2) is 19.3 Å². The van der Waals surface area contributed by atoms with Crippen LogP contribution in [-0.2, 0) is 16.1 Å². The number of ether oxygens (including phenoxy) is 2. The molecule has 0 aliphatic rings. The molecule has 2 N–H and O–H groups in total. The molecule has 0 aliphatic carbocycles. The summed E-state index contributed by atoms with van der Waals surface area (Å²) < 4.78 is 9.40. The van der Waals surface area contributed by atoms with E-state index in [4.69, 9.17) is 10.5 Å². The molecule has 1 rings (SSSR count). The van der Waals surface area contributed by atoms with E-state index in [0.29, 0.717) is 0 Å². The fourth-order valence-corrected chi connectivity index (χ4v) is 0.933. The minimum Gasteiger partial charge on any atom is -0.445 e. The molecule has 0 spiro atoms. The predicted octanol–water partition coefficient (Wildman–Crippen LogP) is 2.32. The Balaban J connectivity index is 0.000000385. The van der Waals surface area contributed by atoms with Crippen LogP contribution in [0.25, 0.3) is 0 Å². The van der Waals surface area contributed by atoms with Gasteiger partial charge in [0, 0.05) is 13.2 Å². The molecular formula is C12H19NO3. The Labute approximate surface area is 96.4 Å². The van der Waals surface area contributed by atoms with Crippen molar-refractivity contribution in [2.45, 2.75) is 20.5 Å². The van der Waals surface area contributed by atoms with Crippen LogP contribution in [0.2, 0.25) is 0 Å². The normalized spacial score (nSPS) is 8.88. The summed E-state index contributed by atoms with van der Waals surface area (Å²) in [5.41, 5.74) is 5.72. The Bertz CT molecular complexity index is 273. The second-order valence-corrected chi connectivity index (χ2v) is 2.87. The van der Waals surface area contributed by atoms with Crippen LogP contribution in [0.3, 0.4) is 0 Å². The van der Waals surface area contributed by atoms with Gasteiger partial charge >= 0.3 is 6.09 Å². The lowest BCUT2D eigenvalue weighted by molar-refractivity contribution is 0.150. The van der Waals surface area contributed by atoms with Crippen molar-refractivity contribution in [3.05, 3.63) is 35.9 Å². The van der Waals surface area contributed by atoms with Gasteiger partial charge in [0.05, 0.1) is 0 Å². The predicted molar refractivity (Wildman–Crippen MR) is 63.0 cm³/mol. The number of carbonyl (C=O) groups is 1. The second-order valence-electron chi connectivity index (χ2n) is 2.87. The van der Waals surface area contributed by atoms with Gasteiger partial charge in [0.15, 0.2) is 0 Å². The number of hydrogen-bond donors (Lipinski definition) is 1. The maximum Gasteiger partial charge on any atom is 0.404 e. The van der Waals surface area contributed by atoms with E-state index in [-0.39, 0.29) is 6.61 Å². The summed E-state index contributed by atoms with van der Waals surface area (Å²) in [6.07, 6.45) is -0.742. The highest BCUT2D eigenvalue weighted by atomic mass is 16.5. The van der Waals surface area contributed by atoms with E-state index in [2.05, 4.69) is 4.74 Å². The van der Waals surface area contributed by atoms with Crippen molar-refractivity contribution in [1.29, 1.82) is 0 Å². The second kappa shape index (κ2) is 9.98. The summed E-state index contributed by atoms with van der Waals surface area (Å²) in [6, 6.07) is 9.37. The lowest BCUT2D eigenvalue weighted by atomic mass is 10.2. The largest absolute Gasteiger partial charge is 0.445 e. The number of carbonyl (C=O) groups excluding carboxylic acids is 1. The number of primary amides is 1. The van der Waals surface area contributed by atoms with E-state index in [1.165, 1.54) is 0 Å². The number of rotatable bonds is 4. The molecule has 4 heteroatoms. The maximum absolute atomic E-state index is 10.2. The summed E-state index contributed by atoms with van der Waals surface area (Å²) in [4.78, 5) is 10.2. The van der Waals surface area contributed by atoms with Gasteiger partial charge in [0.2, 0.25) is 0 Å².